The number of benzene rings is 2. The van der Waals surface area contributed by atoms with Crippen LogP contribution < -0.4 is 10.1 Å². The van der Waals surface area contributed by atoms with Gasteiger partial charge in [0.05, 0.1) is 11.4 Å². The van der Waals surface area contributed by atoms with Crippen LogP contribution in [0.25, 0.3) is 5.69 Å². The Bertz CT molecular complexity index is 974. The van der Waals surface area contributed by atoms with E-state index in [0.717, 1.165) is 5.56 Å². The van der Waals surface area contributed by atoms with E-state index >= 15 is 0 Å². The minimum Gasteiger partial charge on any atom is -0.435 e. The van der Waals surface area contributed by atoms with Crippen LogP contribution in [0.15, 0.2) is 42.5 Å². The highest BCUT2D eigenvalue weighted by atomic mass is 35.5. The first-order valence-electron chi connectivity index (χ1n) is 7.90. The normalized spacial score (nSPS) is 10.9. The Morgan fingerprint density at radius 3 is 2.52 bits per heavy atom. The van der Waals surface area contributed by atoms with E-state index in [1.165, 1.54) is 16.8 Å². The van der Waals surface area contributed by atoms with E-state index in [1.54, 1.807) is 37.3 Å². The number of carbonyl (C=O) groups excluding carboxylic acids is 1. The van der Waals surface area contributed by atoms with Gasteiger partial charge in [-0.15, -0.1) is 5.10 Å². The average molecular weight is 393 g/mol. The molecule has 0 atom stereocenters. The molecular weight excluding hydrogens is 378 g/mol. The number of rotatable bonds is 5. The zero-order chi connectivity index (χ0) is 19.6. The second-order valence-electron chi connectivity index (χ2n) is 5.72. The van der Waals surface area contributed by atoms with Crippen LogP contribution in [0, 0.1) is 13.8 Å². The fourth-order valence-corrected chi connectivity index (χ4v) is 2.73. The highest BCUT2D eigenvalue weighted by Gasteiger charge is 2.18. The Morgan fingerprint density at radius 1 is 1.19 bits per heavy atom. The van der Waals surface area contributed by atoms with Gasteiger partial charge in [-0.25, -0.2) is 4.68 Å². The molecule has 0 spiro atoms. The molecule has 1 heterocycles. The molecule has 0 unspecified atom stereocenters. The lowest BCUT2D eigenvalue weighted by molar-refractivity contribution is -0.0498. The van der Waals surface area contributed by atoms with Gasteiger partial charge >= 0.3 is 6.61 Å². The topological polar surface area (TPSA) is 69.0 Å². The fraction of sp³-hybridized carbons (Fsp3) is 0.167. The number of ether oxygens (including phenoxy) is 1. The smallest absolute Gasteiger partial charge is 0.387 e. The second kappa shape index (κ2) is 7.71. The first-order valence-corrected chi connectivity index (χ1v) is 8.28. The van der Waals surface area contributed by atoms with Crippen LogP contribution in [0.5, 0.6) is 5.75 Å². The van der Waals surface area contributed by atoms with E-state index < -0.39 is 12.5 Å². The highest BCUT2D eigenvalue weighted by Crippen LogP contribution is 2.22. The third-order valence-electron chi connectivity index (χ3n) is 3.85. The third-order valence-corrected chi connectivity index (χ3v) is 4.09. The number of hydrogen-bond donors (Lipinski definition) is 1. The second-order valence-corrected chi connectivity index (χ2v) is 6.16. The molecule has 140 valence electrons. The Labute approximate surface area is 158 Å². The van der Waals surface area contributed by atoms with Crippen molar-refractivity contribution in [2.45, 2.75) is 20.5 Å². The molecule has 0 radical (unpaired) electrons. The van der Waals surface area contributed by atoms with Crippen molar-refractivity contribution in [3.8, 4) is 11.4 Å². The van der Waals surface area contributed by atoms with Gasteiger partial charge in [-0.05, 0) is 61.9 Å². The summed E-state index contributed by atoms with van der Waals surface area (Å²) >= 11 is 5.92. The van der Waals surface area contributed by atoms with Crippen molar-refractivity contribution in [3.05, 3.63) is 64.4 Å². The molecule has 6 nitrogen and oxygen atoms in total. The number of halogens is 3. The quantitative estimate of drug-likeness (QED) is 0.699. The lowest BCUT2D eigenvalue weighted by atomic mass is 10.2. The molecule has 1 aromatic heterocycles. The van der Waals surface area contributed by atoms with Gasteiger partial charge in [-0.3, -0.25) is 4.79 Å². The van der Waals surface area contributed by atoms with Gasteiger partial charge < -0.3 is 10.1 Å². The van der Waals surface area contributed by atoms with E-state index in [1.807, 2.05) is 6.92 Å². The maximum absolute atomic E-state index is 12.5. The van der Waals surface area contributed by atoms with Crippen molar-refractivity contribution >= 4 is 23.2 Å². The van der Waals surface area contributed by atoms with Gasteiger partial charge in [-0.2, -0.15) is 8.78 Å². The molecule has 1 N–H and O–H groups in total. The van der Waals surface area contributed by atoms with Gasteiger partial charge in [0, 0.05) is 10.7 Å². The van der Waals surface area contributed by atoms with E-state index in [0.29, 0.717) is 22.1 Å². The van der Waals surface area contributed by atoms with Gasteiger partial charge in [-0.1, -0.05) is 16.8 Å². The summed E-state index contributed by atoms with van der Waals surface area (Å²) in [4.78, 5) is 12.5. The van der Waals surface area contributed by atoms with Crippen molar-refractivity contribution < 1.29 is 18.3 Å². The number of carbonyl (C=O) groups is 1. The Kier molecular flexibility index (Phi) is 5.36. The van der Waals surface area contributed by atoms with Gasteiger partial charge in [0.2, 0.25) is 0 Å². The molecule has 27 heavy (non-hydrogen) atoms. The number of aryl methyl sites for hydroxylation is 1. The van der Waals surface area contributed by atoms with Crippen LogP contribution in [-0.4, -0.2) is 27.5 Å². The van der Waals surface area contributed by atoms with E-state index in [2.05, 4.69) is 20.4 Å². The summed E-state index contributed by atoms with van der Waals surface area (Å²) < 4.78 is 30.2. The van der Waals surface area contributed by atoms with Crippen LogP contribution in [0.2, 0.25) is 5.02 Å². The summed E-state index contributed by atoms with van der Waals surface area (Å²) in [7, 11) is 0. The molecule has 0 saturated carbocycles. The molecule has 3 rings (SSSR count). The number of alkyl halides is 2. The summed E-state index contributed by atoms with van der Waals surface area (Å²) in [5, 5.41) is 11.3. The lowest BCUT2D eigenvalue weighted by Crippen LogP contribution is -2.15. The Hall–Kier alpha value is -3.00. The molecule has 0 aliphatic carbocycles. The highest BCUT2D eigenvalue weighted by molar-refractivity contribution is 6.30. The minimum absolute atomic E-state index is 0.0303. The predicted molar refractivity (Wildman–Crippen MR) is 96.9 cm³/mol. The fourth-order valence-electron chi connectivity index (χ4n) is 2.50. The lowest BCUT2D eigenvalue weighted by Gasteiger charge is -2.08. The number of amides is 1. The monoisotopic (exact) mass is 392 g/mol. The van der Waals surface area contributed by atoms with Gasteiger partial charge in [0.1, 0.15) is 5.75 Å². The number of nitrogens with zero attached hydrogens (tertiary/aromatic N) is 3. The van der Waals surface area contributed by atoms with Crippen molar-refractivity contribution in [3.63, 3.8) is 0 Å². The Balaban J connectivity index is 1.81. The summed E-state index contributed by atoms with van der Waals surface area (Å²) in [6.45, 7) is 0.622. The third kappa shape index (κ3) is 4.22. The standard InChI is InChI=1S/C18H15ClF2N4O2/c1-10-9-12(19)3-8-15(10)22-17(26)16-11(2)25(24-23-16)13-4-6-14(7-5-13)27-18(20)21/h3-9,18H,1-2H3,(H,22,26). The van der Waals surface area contributed by atoms with Crippen molar-refractivity contribution in [1.82, 2.24) is 15.0 Å². The average Bonchev–Trinajstić information content (AvgIpc) is 2.99. The predicted octanol–water partition coefficient (Wildman–Crippen LogP) is 4.39. The minimum atomic E-state index is -2.89. The molecule has 0 aliphatic heterocycles. The largest absolute Gasteiger partial charge is 0.435 e. The first kappa shape index (κ1) is 18.8. The van der Waals surface area contributed by atoms with Crippen LogP contribution in [0.4, 0.5) is 14.5 Å². The number of hydrogen-bond acceptors (Lipinski definition) is 4. The summed E-state index contributed by atoms with van der Waals surface area (Å²) in [5.74, 6) is -0.385. The first-order chi connectivity index (χ1) is 12.8. The maximum Gasteiger partial charge on any atom is 0.387 e. The van der Waals surface area contributed by atoms with E-state index in [9.17, 15) is 13.6 Å². The summed E-state index contributed by atoms with van der Waals surface area (Å²) in [5.41, 5.74) is 2.64. The zero-order valence-corrected chi connectivity index (χ0v) is 15.2. The van der Waals surface area contributed by atoms with Crippen LogP contribution in [-0.2, 0) is 0 Å². The summed E-state index contributed by atoms with van der Waals surface area (Å²) in [6.07, 6.45) is 0. The van der Waals surface area contributed by atoms with Gasteiger partial charge in [0.15, 0.2) is 5.69 Å². The van der Waals surface area contributed by atoms with Crippen molar-refractivity contribution in [2.75, 3.05) is 5.32 Å². The molecule has 3 aromatic rings. The summed E-state index contributed by atoms with van der Waals surface area (Å²) in [6, 6.07) is 11.0. The van der Waals surface area contributed by atoms with E-state index in [-0.39, 0.29) is 11.4 Å². The number of anilines is 1. The van der Waals surface area contributed by atoms with Gasteiger partial charge in [0.25, 0.3) is 5.91 Å². The molecule has 2 aromatic carbocycles. The molecule has 0 fully saturated rings. The molecule has 0 saturated heterocycles. The van der Waals surface area contributed by atoms with Crippen molar-refractivity contribution in [1.29, 1.82) is 0 Å². The van der Waals surface area contributed by atoms with E-state index in [4.69, 9.17) is 11.6 Å². The maximum atomic E-state index is 12.5. The molecule has 1 amide bonds. The molecular formula is C18H15ClF2N4O2. The van der Waals surface area contributed by atoms with Crippen molar-refractivity contribution in [2.24, 2.45) is 0 Å². The molecule has 0 aliphatic rings. The SMILES string of the molecule is Cc1cc(Cl)ccc1NC(=O)c1nnn(-c2ccc(OC(F)F)cc2)c1C. The number of aromatic nitrogens is 3. The van der Waals surface area contributed by atoms with Crippen LogP contribution in [0.1, 0.15) is 21.7 Å². The van der Waals surface area contributed by atoms with Crippen LogP contribution >= 0.6 is 11.6 Å². The molecule has 0 bridgehead atoms. The molecule has 9 heteroatoms. The Morgan fingerprint density at radius 2 is 1.89 bits per heavy atom. The zero-order valence-electron chi connectivity index (χ0n) is 14.4. The van der Waals surface area contributed by atoms with Crippen LogP contribution in [0.3, 0.4) is 0 Å². The number of nitrogens with one attached hydrogen (secondary N) is 1.